The molecule has 0 radical (unpaired) electrons. The second-order valence-electron chi connectivity index (χ2n) is 5.60. The monoisotopic (exact) mass is 346 g/mol. The Balaban J connectivity index is 0.00000264. The Bertz CT molecular complexity index is 510. The fourth-order valence-corrected chi connectivity index (χ4v) is 2.63. The van der Waals surface area contributed by atoms with Crippen LogP contribution in [0.1, 0.15) is 12.8 Å². The second kappa shape index (κ2) is 9.05. The molecule has 1 saturated heterocycles. The molecule has 0 atom stereocenters. The van der Waals surface area contributed by atoms with Gasteiger partial charge in [-0.25, -0.2) is 4.39 Å². The third-order valence-corrected chi connectivity index (χ3v) is 4.16. The van der Waals surface area contributed by atoms with E-state index in [2.05, 4.69) is 0 Å². The average Bonchev–Trinajstić information content (AvgIpc) is 2.56. The minimum atomic E-state index is -0.537. The van der Waals surface area contributed by atoms with Gasteiger partial charge in [-0.1, -0.05) is 12.1 Å². The number of para-hydroxylation sites is 1. The van der Waals surface area contributed by atoms with Gasteiger partial charge in [0.05, 0.1) is 12.0 Å². The predicted octanol–water partition coefficient (Wildman–Crippen LogP) is 1.84. The Hall–Kier alpha value is -1.37. The summed E-state index contributed by atoms with van der Waals surface area (Å²) < 4.78 is 24.1. The molecule has 0 aliphatic carbocycles. The molecule has 0 aromatic heterocycles. The zero-order chi connectivity index (χ0) is 16.0. The maximum Gasteiger partial charge on any atom is 0.230 e. The maximum atomic E-state index is 13.4. The van der Waals surface area contributed by atoms with Gasteiger partial charge in [0.2, 0.25) is 5.91 Å². The third kappa shape index (κ3) is 4.80. The number of carbonyl (C=O) groups is 1. The summed E-state index contributed by atoms with van der Waals surface area (Å²) in [6, 6.07) is 6.22. The zero-order valence-electron chi connectivity index (χ0n) is 13.3. The van der Waals surface area contributed by atoms with Crippen molar-refractivity contribution in [3.63, 3.8) is 0 Å². The standard InChI is InChI=1S/C16H23FN2O3.ClH/c1-19(8-11-22-14-5-3-2-4-13(14)17)15(20)16(12-18)6-9-21-10-7-16;/h2-5H,6-12,18H2,1H3;1H. The van der Waals surface area contributed by atoms with Crippen LogP contribution in [0, 0.1) is 11.2 Å². The highest BCUT2D eigenvalue weighted by Gasteiger charge is 2.40. The quantitative estimate of drug-likeness (QED) is 0.853. The summed E-state index contributed by atoms with van der Waals surface area (Å²) in [4.78, 5) is 14.2. The van der Waals surface area contributed by atoms with Crippen LogP contribution in [0.3, 0.4) is 0 Å². The second-order valence-corrected chi connectivity index (χ2v) is 5.60. The van der Waals surface area contributed by atoms with Crippen LogP contribution in [0.25, 0.3) is 0 Å². The van der Waals surface area contributed by atoms with E-state index in [0.717, 1.165) is 0 Å². The lowest BCUT2D eigenvalue weighted by atomic mass is 9.79. The first kappa shape index (κ1) is 19.7. The van der Waals surface area contributed by atoms with Gasteiger partial charge in [-0.3, -0.25) is 4.79 Å². The van der Waals surface area contributed by atoms with E-state index in [1.54, 1.807) is 30.1 Å². The number of nitrogens with two attached hydrogens (primary N) is 1. The summed E-state index contributed by atoms with van der Waals surface area (Å²) in [6.07, 6.45) is 1.28. The van der Waals surface area contributed by atoms with Crippen LogP contribution in [0.15, 0.2) is 24.3 Å². The van der Waals surface area contributed by atoms with E-state index in [4.69, 9.17) is 15.2 Å². The van der Waals surface area contributed by atoms with E-state index in [9.17, 15) is 9.18 Å². The summed E-state index contributed by atoms with van der Waals surface area (Å²) in [5.74, 6) is -0.197. The highest BCUT2D eigenvalue weighted by molar-refractivity contribution is 5.85. The van der Waals surface area contributed by atoms with Crippen LogP contribution < -0.4 is 10.5 Å². The van der Waals surface area contributed by atoms with Crippen molar-refractivity contribution in [1.82, 2.24) is 4.90 Å². The first-order valence-electron chi connectivity index (χ1n) is 7.50. The highest BCUT2D eigenvalue weighted by atomic mass is 35.5. The van der Waals surface area contributed by atoms with Crippen LogP contribution in [0.2, 0.25) is 0 Å². The Morgan fingerprint density at radius 1 is 1.39 bits per heavy atom. The molecular formula is C16H24ClFN2O3. The maximum absolute atomic E-state index is 13.4. The SMILES string of the molecule is CN(CCOc1ccccc1F)C(=O)C1(CN)CCOCC1.Cl. The molecule has 2 rings (SSSR count). The molecule has 0 spiro atoms. The molecule has 1 aromatic carbocycles. The lowest BCUT2D eigenvalue weighted by Gasteiger charge is -2.37. The number of halogens is 2. The zero-order valence-corrected chi connectivity index (χ0v) is 14.1. The minimum absolute atomic E-state index is 0. The van der Waals surface area contributed by atoms with Crippen molar-refractivity contribution < 1.29 is 18.7 Å². The average molecular weight is 347 g/mol. The van der Waals surface area contributed by atoms with Gasteiger partial charge in [-0.05, 0) is 25.0 Å². The van der Waals surface area contributed by atoms with Crippen LogP contribution >= 0.6 is 12.4 Å². The number of hydrogen-bond acceptors (Lipinski definition) is 4. The van der Waals surface area contributed by atoms with E-state index in [1.165, 1.54) is 6.07 Å². The topological polar surface area (TPSA) is 64.8 Å². The summed E-state index contributed by atoms with van der Waals surface area (Å²) in [5, 5.41) is 0. The molecule has 1 aliphatic heterocycles. The Kier molecular flexibility index (Phi) is 7.75. The van der Waals surface area contributed by atoms with E-state index < -0.39 is 11.2 Å². The molecule has 1 aromatic rings. The number of amides is 1. The molecule has 2 N–H and O–H groups in total. The van der Waals surface area contributed by atoms with E-state index >= 15 is 0 Å². The predicted molar refractivity (Wildman–Crippen MR) is 88.3 cm³/mol. The van der Waals surface area contributed by atoms with Crippen molar-refractivity contribution >= 4 is 18.3 Å². The molecule has 1 amide bonds. The number of carbonyl (C=O) groups excluding carboxylic acids is 1. The van der Waals surface area contributed by atoms with Crippen molar-refractivity contribution in [3.8, 4) is 5.75 Å². The lowest BCUT2D eigenvalue weighted by molar-refractivity contribution is -0.146. The Labute approximate surface area is 142 Å². The number of likely N-dealkylation sites (N-methyl/N-ethyl adjacent to an activating group) is 1. The normalized spacial score (nSPS) is 16.3. The van der Waals surface area contributed by atoms with Gasteiger partial charge in [0.25, 0.3) is 0 Å². The molecule has 1 aliphatic rings. The number of ether oxygens (including phenoxy) is 2. The lowest BCUT2D eigenvalue weighted by Crippen LogP contribution is -2.50. The summed E-state index contributed by atoms with van der Waals surface area (Å²) in [5.41, 5.74) is 5.30. The smallest absolute Gasteiger partial charge is 0.230 e. The van der Waals surface area contributed by atoms with Crippen molar-refractivity contribution in [3.05, 3.63) is 30.1 Å². The Morgan fingerprint density at radius 3 is 2.65 bits per heavy atom. The molecule has 7 heteroatoms. The third-order valence-electron chi connectivity index (χ3n) is 4.16. The van der Waals surface area contributed by atoms with Gasteiger partial charge in [-0.2, -0.15) is 0 Å². The molecular weight excluding hydrogens is 323 g/mol. The van der Waals surface area contributed by atoms with Crippen molar-refractivity contribution in [2.24, 2.45) is 11.1 Å². The summed E-state index contributed by atoms with van der Waals surface area (Å²) >= 11 is 0. The Morgan fingerprint density at radius 2 is 2.04 bits per heavy atom. The number of benzene rings is 1. The molecule has 0 saturated carbocycles. The minimum Gasteiger partial charge on any atom is -0.489 e. The van der Waals surface area contributed by atoms with Crippen molar-refractivity contribution in [2.45, 2.75) is 12.8 Å². The highest BCUT2D eigenvalue weighted by Crippen LogP contribution is 2.31. The van der Waals surface area contributed by atoms with E-state index in [-0.39, 0.29) is 30.7 Å². The first-order valence-corrected chi connectivity index (χ1v) is 7.50. The molecule has 5 nitrogen and oxygen atoms in total. The van der Waals surface area contributed by atoms with Gasteiger partial charge < -0.3 is 20.1 Å². The van der Waals surface area contributed by atoms with Crippen LogP contribution in [-0.4, -0.2) is 50.8 Å². The summed E-state index contributed by atoms with van der Waals surface area (Å²) in [7, 11) is 1.72. The molecule has 130 valence electrons. The molecule has 0 bridgehead atoms. The van der Waals surface area contributed by atoms with Gasteiger partial charge in [-0.15, -0.1) is 12.4 Å². The number of hydrogen-bond donors (Lipinski definition) is 1. The number of rotatable bonds is 6. The molecule has 1 heterocycles. The van der Waals surface area contributed by atoms with Gasteiger partial charge in [0.15, 0.2) is 11.6 Å². The molecule has 0 unspecified atom stereocenters. The molecule has 1 fully saturated rings. The van der Waals surface area contributed by atoms with Gasteiger partial charge in [0.1, 0.15) is 6.61 Å². The fourth-order valence-electron chi connectivity index (χ4n) is 2.63. The van der Waals surface area contributed by atoms with E-state index in [0.29, 0.717) is 39.1 Å². The van der Waals surface area contributed by atoms with Crippen molar-refractivity contribution in [1.29, 1.82) is 0 Å². The van der Waals surface area contributed by atoms with Crippen LogP contribution in [-0.2, 0) is 9.53 Å². The van der Waals surface area contributed by atoms with E-state index in [1.807, 2.05) is 0 Å². The summed E-state index contributed by atoms with van der Waals surface area (Å²) in [6.45, 7) is 2.05. The largest absolute Gasteiger partial charge is 0.489 e. The van der Waals surface area contributed by atoms with Crippen LogP contribution in [0.5, 0.6) is 5.75 Å². The fraction of sp³-hybridized carbons (Fsp3) is 0.562. The number of nitrogens with zero attached hydrogens (tertiary/aromatic N) is 1. The molecule has 23 heavy (non-hydrogen) atoms. The first-order chi connectivity index (χ1) is 10.6. The van der Waals surface area contributed by atoms with Crippen molar-refractivity contribution in [2.75, 3.05) is 40.0 Å². The van der Waals surface area contributed by atoms with Gasteiger partial charge in [0, 0.05) is 26.8 Å². The van der Waals surface area contributed by atoms with Crippen LogP contribution in [0.4, 0.5) is 4.39 Å². The van der Waals surface area contributed by atoms with Gasteiger partial charge >= 0.3 is 0 Å².